The van der Waals surface area contributed by atoms with Crippen LogP contribution in [0, 0.1) is 10.1 Å². The van der Waals surface area contributed by atoms with Crippen LogP contribution in [0.1, 0.15) is 15.9 Å². The van der Waals surface area contributed by atoms with Crippen molar-refractivity contribution < 1.29 is 33.5 Å². The smallest absolute Gasteiger partial charge is 0.331 e. The number of nitro benzene ring substituents is 1. The van der Waals surface area contributed by atoms with Crippen LogP contribution in [0.2, 0.25) is 0 Å². The third-order valence-corrected chi connectivity index (χ3v) is 3.75. The summed E-state index contributed by atoms with van der Waals surface area (Å²) in [7, 11) is 0. The molecule has 10 nitrogen and oxygen atoms in total. The molecule has 0 unspecified atom stereocenters. The van der Waals surface area contributed by atoms with E-state index in [1.54, 1.807) is 18.2 Å². The first-order chi connectivity index (χ1) is 13.9. The molecular weight excluding hydrogens is 384 g/mol. The average Bonchev–Trinajstić information content (AvgIpc) is 3.18. The van der Waals surface area contributed by atoms with E-state index in [0.29, 0.717) is 5.75 Å². The van der Waals surface area contributed by atoms with E-state index in [0.717, 1.165) is 12.2 Å². The van der Waals surface area contributed by atoms with E-state index in [1.807, 2.05) is 0 Å². The number of hydrogen-bond donors (Lipinski definition) is 1. The summed E-state index contributed by atoms with van der Waals surface area (Å²) < 4.78 is 15.0. The Labute approximate surface area is 163 Å². The van der Waals surface area contributed by atoms with Gasteiger partial charge in [0.15, 0.2) is 18.1 Å². The third kappa shape index (κ3) is 4.95. The quantitative estimate of drug-likeness (QED) is 0.337. The predicted molar refractivity (Wildman–Crippen MR) is 98.1 cm³/mol. The Hall–Kier alpha value is -4.21. The van der Waals surface area contributed by atoms with Gasteiger partial charge in [-0.15, -0.1) is 0 Å². The maximum atomic E-state index is 11.8. The SMILES string of the molecule is O=C(COC(=O)/C=C/c1cc2c(cc1[N+](=O)[O-])OCO2)NC(=O)c1ccccc1. The lowest BCUT2D eigenvalue weighted by molar-refractivity contribution is -0.385. The molecule has 2 aromatic carbocycles. The normalized spacial score (nSPS) is 11.9. The Kier molecular flexibility index (Phi) is 5.83. The lowest BCUT2D eigenvalue weighted by Crippen LogP contribution is -2.33. The van der Waals surface area contributed by atoms with Gasteiger partial charge < -0.3 is 14.2 Å². The van der Waals surface area contributed by atoms with E-state index in [4.69, 9.17) is 14.2 Å². The van der Waals surface area contributed by atoms with E-state index in [1.165, 1.54) is 24.3 Å². The standard InChI is InChI=1S/C19H14N2O8/c22-17(20-19(24)12-4-2-1-3-5-12)10-27-18(23)7-6-13-8-15-16(29-11-28-15)9-14(13)21(25)26/h1-9H,10-11H2,(H,20,22,24)/b7-6+. The monoisotopic (exact) mass is 398 g/mol. The molecular formula is C19H14N2O8. The van der Waals surface area contributed by atoms with E-state index in [-0.39, 0.29) is 29.4 Å². The zero-order valence-electron chi connectivity index (χ0n) is 14.8. The summed E-state index contributed by atoms with van der Waals surface area (Å²) in [5.41, 5.74) is 0.0894. The van der Waals surface area contributed by atoms with E-state index in [2.05, 4.69) is 5.32 Å². The number of nitrogens with one attached hydrogen (secondary N) is 1. The summed E-state index contributed by atoms with van der Waals surface area (Å²) in [5, 5.41) is 13.3. The lowest BCUT2D eigenvalue weighted by atomic mass is 10.1. The van der Waals surface area contributed by atoms with Gasteiger partial charge in [0.1, 0.15) is 0 Å². The number of carbonyl (C=O) groups excluding carboxylic acids is 3. The Balaban J connectivity index is 1.57. The number of carbonyl (C=O) groups is 3. The molecule has 0 radical (unpaired) electrons. The minimum Gasteiger partial charge on any atom is -0.454 e. The first-order valence-electron chi connectivity index (χ1n) is 8.26. The molecule has 0 saturated heterocycles. The van der Waals surface area contributed by atoms with Gasteiger partial charge in [0, 0.05) is 11.6 Å². The second kappa shape index (κ2) is 8.65. The summed E-state index contributed by atoms with van der Waals surface area (Å²) >= 11 is 0. The van der Waals surface area contributed by atoms with Gasteiger partial charge in [-0.25, -0.2) is 4.79 Å². The maximum absolute atomic E-state index is 11.8. The van der Waals surface area contributed by atoms with Gasteiger partial charge in [-0.3, -0.25) is 25.0 Å². The first-order valence-corrected chi connectivity index (χ1v) is 8.26. The van der Waals surface area contributed by atoms with E-state index >= 15 is 0 Å². The highest BCUT2D eigenvalue weighted by Crippen LogP contribution is 2.38. The molecule has 148 valence electrons. The highest BCUT2D eigenvalue weighted by molar-refractivity contribution is 6.05. The van der Waals surface area contributed by atoms with Gasteiger partial charge in [0.05, 0.1) is 16.6 Å². The molecule has 1 aliphatic rings. The molecule has 0 saturated carbocycles. The lowest BCUT2D eigenvalue weighted by Gasteiger charge is -2.04. The number of imide groups is 1. The van der Waals surface area contributed by atoms with Crippen molar-refractivity contribution in [3.05, 3.63) is 69.8 Å². The van der Waals surface area contributed by atoms with Crippen molar-refractivity contribution in [3.8, 4) is 11.5 Å². The second-order valence-corrected chi connectivity index (χ2v) is 5.71. The zero-order chi connectivity index (χ0) is 20.8. The topological polar surface area (TPSA) is 134 Å². The molecule has 1 heterocycles. The van der Waals surface area contributed by atoms with Gasteiger partial charge in [-0.2, -0.15) is 0 Å². The number of fused-ring (bicyclic) bond motifs is 1. The van der Waals surface area contributed by atoms with Crippen molar-refractivity contribution in [2.75, 3.05) is 13.4 Å². The minimum atomic E-state index is -0.917. The number of nitro groups is 1. The molecule has 3 rings (SSSR count). The molecule has 1 N–H and O–H groups in total. The van der Waals surface area contributed by atoms with Crippen LogP contribution in [-0.2, 0) is 14.3 Å². The summed E-state index contributed by atoms with van der Waals surface area (Å²) in [5.74, 6) is -1.81. The highest BCUT2D eigenvalue weighted by atomic mass is 16.7. The summed E-state index contributed by atoms with van der Waals surface area (Å²) in [6.45, 7) is -0.747. The Morgan fingerprint density at radius 3 is 2.52 bits per heavy atom. The zero-order valence-corrected chi connectivity index (χ0v) is 14.8. The number of ether oxygens (including phenoxy) is 3. The molecule has 2 aromatic rings. The summed E-state index contributed by atoms with van der Waals surface area (Å²) in [6, 6.07) is 10.6. The van der Waals surface area contributed by atoms with Gasteiger partial charge >= 0.3 is 5.97 Å². The van der Waals surface area contributed by atoms with E-state index in [9.17, 15) is 24.5 Å². The molecule has 1 aliphatic heterocycles. The summed E-state index contributed by atoms with van der Waals surface area (Å²) in [4.78, 5) is 45.9. The predicted octanol–water partition coefficient (Wildman–Crippen LogP) is 1.84. The van der Waals surface area contributed by atoms with Crippen LogP contribution in [-0.4, -0.2) is 36.1 Å². The van der Waals surface area contributed by atoms with Crippen molar-refractivity contribution in [1.82, 2.24) is 5.32 Å². The third-order valence-electron chi connectivity index (χ3n) is 3.75. The second-order valence-electron chi connectivity index (χ2n) is 5.71. The Bertz CT molecular complexity index is 1000. The molecule has 29 heavy (non-hydrogen) atoms. The number of esters is 1. The van der Waals surface area contributed by atoms with Crippen LogP contribution in [0.5, 0.6) is 11.5 Å². The number of nitrogens with zero attached hydrogens (tertiary/aromatic N) is 1. The molecule has 0 bridgehead atoms. The fourth-order valence-electron chi connectivity index (χ4n) is 2.41. The molecule has 0 aliphatic carbocycles. The highest BCUT2D eigenvalue weighted by Gasteiger charge is 2.22. The van der Waals surface area contributed by atoms with Crippen molar-refractivity contribution >= 4 is 29.5 Å². The fraction of sp³-hybridized carbons (Fsp3) is 0.105. The van der Waals surface area contributed by atoms with Crippen molar-refractivity contribution in [3.63, 3.8) is 0 Å². The van der Waals surface area contributed by atoms with Crippen molar-refractivity contribution in [1.29, 1.82) is 0 Å². The van der Waals surface area contributed by atoms with Crippen LogP contribution in [0.25, 0.3) is 6.08 Å². The van der Waals surface area contributed by atoms with Gasteiger partial charge in [0.25, 0.3) is 17.5 Å². The average molecular weight is 398 g/mol. The van der Waals surface area contributed by atoms with Crippen molar-refractivity contribution in [2.45, 2.75) is 0 Å². The fourth-order valence-corrected chi connectivity index (χ4v) is 2.41. The maximum Gasteiger partial charge on any atom is 0.331 e. The largest absolute Gasteiger partial charge is 0.454 e. The van der Waals surface area contributed by atoms with Gasteiger partial charge in [-0.1, -0.05) is 18.2 Å². The molecule has 2 amide bonds. The van der Waals surface area contributed by atoms with Crippen LogP contribution in [0.3, 0.4) is 0 Å². The van der Waals surface area contributed by atoms with E-state index < -0.39 is 29.3 Å². The molecule has 0 spiro atoms. The number of benzene rings is 2. The first kappa shape index (κ1) is 19.5. The Morgan fingerprint density at radius 1 is 1.14 bits per heavy atom. The minimum absolute atomic E-state index is 0.0570. The molecule has 0 aromatic heterocycles. The molecule has 0 fully saturated rings. The molecule has 0 atom stereocenters. The van der Waals surface area contributed by atoms with Gasteiger partial charge in [-0.05, 0) is 24.3 Å². The number of amides is 2. The number of hydrogen-bond acceptors (Lipinski definition) is 8. The van der Waals surface area contributed by atoms with Crippen LogP contribution in [0.4, 0.5) is 5.69 Å². The number of rotatable bonds is 6. The van der Waals surface area contributed by atoms with Crippen molar-refractivity contribution in [2.24, 2.45) is 0 Å². The Morgan fingerprint density at radius 2 is 1.83 bits per heavy atom. The molecule has 10 heteroatoms. The van der Waals surface area contributed by atoms with Crippen LogP contribution in [0.15, 0.2) is 48.5 Å². The van der Waals surface area contributed by atoms with Crippen LogP contribution >= 0.6 is 0 Å². The van der Waals surface area contributed by atoms with Gasteiger partial charge in [0.2, 0.25) is 6.79 Å². The van der Waals surface area contributed by atoms with Crippen LogP contribution < -0.4 is 14.8 Å². The summed E-state index contributed by atoms with van der Waals surface area (Å²) in [6.07, 6.45) is 2.09.